The Kier molecular flexibility index (Phi) is 4.68. The van der Waals surface area contributed by atoms with Crippen molar-refractivity contribution in [3.8, 4) is 0 Å². The van der Waals surface area contributed by atoms with Crippen molar-refractivity contribution in [2.24, 2.45) is 0 Å². The molecule has 0 unspecified atom stereocenters. The van der Waals surface area contributed by atoms with Crippen molar-refractivity contribution in [2.75, 3.05) is 36.0 Å². The summed E-state index contributed by atoms with van der Waals surface area (Å²) in [4.78, 5) is 17.6. The summed E-state index contributed by atoms with van der Waals surface area (Å²) in [7, 11) is 0. The van der Waals surface area contributed by atoms with Crippen molar-refractivity contribution < 1.29 is 4.42 Å². The molecular weight excluding hydrogens is 360 g/mol. The van der Waals surface area contributed by atoms with Crippen molar-refractivity contribution in [3.05, 3.63) is 95.1 Å². The molecule has 29 heavy (non-hydrogen) atoms. The Morgan fingerprint density at radius 3 is 2.10 bits per heavy atom. The molecule has 4 heteroatoms. The van der Waals surface area contributed by atoms with Crippen molar-refractivity contribution in [1.82, 2.24) is 0 Å². The fourth-order valence-corrected chi connectivity index (χ4v) is 4.36. The lowest BCUT2D eigenvalue weighted by Crippen LogP contribution is -2.47. The number of piperazine rings is 1. The number of benzene rings is 2. The van der Waals surface area contributed by atoms with Gasteiger partial charge in [0.05, 0.1) is 5.92 Å². The van der Waals surface area contributed by atoms with Crippen LogP contribution < -0.4 is 15.4 Å². The van der Waals surface area contributed by atoms with E-state index in [0.717, 1.165) is 49.1 Å². The Morgan fingerprint density at radius 2 is 1.38 bits per heavy atom. The van der Waals surface area contributed by atoms with Crippen molar-refractivity contribution in [3.63, 3.8) is 0 Å². The zero-order valence-corrected chi connectivity index (χ0v) is 16.3. The molecule has 5 rings (SSSR count). The first-order valence-electron chi connectivity index (χ1n) is 10.3. The molecule has 0 atom stereocenters. The predicted octanol–water partition coefficient (Wildman–Crippen LogP) is 4.72. The summed E-state index contributed by atoms with van der Waals surface area (Å²) in [6, 6.07) is 18.6. The lowest BCUT2D eigenvalue weighted by atomic mass is 9.96. The van der Waals surface area contributed by atoms with E-state index in [2.05, 4.69) is 64.4 Å². The summed E-state index contributed by atoms with van der Waals surface area (Å²) < 4.78 is 5.91. The van der Waals surface area contributed by atoms with Gasteiger partial charge in [-0.3, -0.25) is 0 Å². The average molecular weight is 384 g/mol. The van der Waals surface area contributed by atoms with Gasteiger partial charge < -0.3 is 14.2 Å². The molecule has 2 aliphatic rings. The highest BCUT2D eigenvalue weighted by atomic mass is 16.4. The van der Waals surface area contributed by atoms with Crippen LogP contribution in [0, 0.1) is 0 Å². The van der Waals surface area contributed by atoms with Gasteiger partial charge in [-0.1, -0.05) is 66.8 Å². The van der Waals surface area contributed by atoms with Gasteiger partial charge in [-0.25, -0.2) is 4.79 Å². The van der Waals surface area contributed by atoms with E-state index < -0.39 is 0 Å². The van der Waals surface area contributed by atoms with Crippen molar-refractivity contribution >= 4 is 22.1 Å². The number of para-hydroxylation sites is 1. The monoisotopic (exact) mass is 384 g/mol. The molecule has 1 aliphatic heterocycles. The van der Waals surface area contributed by atoms with Gasteiger partial charge in [0.1, 0.15) is 11.4 Å². The Morgan fingerprint density at radius 1 is 0.759 bits per heavy atom. The fourth-order valence-electron chi connectivity index (χ4n) is 4.36. The normalized spacial score (nSPS) is 17.2. The van der Waals surface area contributed by atoms with E-state index in [4.69, 9.17) is 4.42 Å². The molecule has 1 aliphatic carbocycles. The molecule has 0 N–H and O–H groups in total. The van der Waals surface area contributed by atoms with Crippen LogP contribution in [0.3, 0.4) is 0 Å². The number of anilines is 2. The van der Waals surface area contributed by atoms with Gasteiger partial charge in [0.15, 0.2) is 0 Å². The van der Waals surface area contributed by atoms with E-state index in [-0.39, 0.29) is 11.5 Å². The minimum absolute atomic E-state index is 0.0188. The molecule has 0 amide bonds. The summed E-state index contributed by atoms with van der Waals surface area (Å²) >= 11 is 0. The highest BCUT2D eigenvalue weighted by Gasteiger charge is 2.24. The molecule has 3 aromatic rings. The van der Waals surface area contributed by atoms with Gasteiger partial charge in [0.25, 0.3) is 0 Å². The van der Waals surface area contributed by atoms with Gasteiger partial charge in [-0.05, 0) is 18.6 Å². The molecule has 4 nitrogen and oxygen atoms in total. The number of hydrogen-bond donors (Lipinski definition) is 0. The summed E-state index contributed by atoms with van der Waals surface area (Å²) in [6.45, 7) is 3.36. The van der Waals surface area contributed by atoms with Gasteiger partial charge in [-0.15, -0.1) is 0 Å². The van der Waals surface area contributed by atoms with E-state index in [9.17, 15) is 4.79 Å². The van der Waals surface area contributed by atoms with E-state index in [0.29, 0.717) is 5.69 Å². The highest BCUT2D eigenvalue weighted by Crippen LogP contribution is 2.33. The van der Waals surface area contributed by atoms with Crippen molar-refractivity contribution in [1.29, 1.82) is 0 Å². The third kappa shape index (κ3) is 3.35. The second-order valence-electron chi connectivity index (χ2n) is 7.58. The fraction of sp³-hybridized carbons (Fsp3) is 0.240. The number of nitrogens with zero attached hydrogens (tertiary/aromatic N) is 2. The molecule has 2 aromatic carbocycles. The number of allylic oxidation sites excluding steroid dienone is 4. The Labute approximate surface area is 170 Å². The van der Waals surface area contributed by atoms with Crippen molar-refractivity contribution in [2.45, 2.75) is 12.3 Å². The van der Waals surface area contributed by atoms with Crippen LogP contribution >= 0.6 is 0 Å². The minimum Gasteiger partial charge on any atom is -0.425 e. The molecule has 1 fully saturated rings. The van der Waals surface area contributed by atoms with Gasteiger partial charge >= 0.3 is 5.63 Å². The van der Waals surface area contributed by atoms with Crippen LogP contribution in [-0.2, 0) is 0 Å². The Bertz CT molecular complexity index is 1110. The first kappa shape index (κ1) is 17.8. The summed E-state index contributed by atoms with van der Waals surface area (Å²) in [5, 5.41) is 2.01. The Hall–Kier alpha value is -3.27. The molecule has 2 heterocycles. The van der Waals surface area contributed by atoms with Crippen LogP contribution in [-0.4, -0.2) is 26.2 Å². The topological polar surface area (TPSA) is 36.7 Å². The zero-order valence-electron chi connectivity index (χ0n) is 16.3. The number of fused-ring (bicyclic) bond motifs is 1. The summed E-state index contributed by atoms with van der Waals surface area (Å²) in [5.74, 6) is 0.759. The summed E-state index contributed by atoms with van der Waals surface area (Å²) in [5.41, 5.74) is 1.69. The van der Waals surface area contributed by atoms with Crippen LogP contribution in [0.25, 0.3) is 10.8 Å². The number of hydrogen-bond acceptors (Lipinski definition) is 4. The molecule has 1 aromatic heterocycles. The third-order valence-corrected chi connectivity index (χ3v) is 5.82. The second-order valence-corrected chi connectivity index (χ2v) is 7.58. The van der Waals surface area contributed by atoms with Crippen LogP contribution in [0.5, 0.6) is 0 Å². The van der Waals surface area contributed by atoms with E-state index in [1.165, 1.54) is 5.69 Å². The van der Waals surface area contributed by atoms with E-state index >= 15 is 0 Å². The number of rotatable bonds is 3. The SMILES string of the molecule is O=c1oc(C2C=CCC=C2)c2ccccc2c1N1CCN(c2ccccc2)CC1. The van der Waals surface area contributed by atoms with Crippen LogP contribution in [0.1, 0.15) is 18.1 Å². The van der Waals surface area contributed by atoms with E-state index in [1.807, 2.05) is 24.3 Å². The van der Waals surface area contributed by atoms with Gasteiger partial charge in [0.2, 0.25) is 0 Å². The summed E-state index contributed by atoms with van der Waals surface area (Å²) in [6.07, 6.45) is 9.40. The van der Waals surface area contributed by atoms with Crippen LogP contribution in [0.15, 0.2) is 88.1 Å². The minimum atomic E-state index is -0.237. The standard InChI is InChI=1S/C25H24N2O2/c28-25-23(27-17-15-26(16-18-27)20-11-5-2-6-12-20)21-13-7-8-14-22(21)24(29-25)19-9-3-1-4-10-19/h2-14,19H,1,15-18H2. The van der Waals surface area contributed by atoms with Gasteiger partial charge in [0, 0.05) is 42.6 Å². The molecule has 0 radical (unpaired) electrons. The third-order valence-electron chi connectivity index (χ3n) is 5.82. The van der Waals surface area contributed by atoms with Crippen LogP contribution in [0.4, 0.5) is 11.4 Å². The zero-order chi connectivity index (χ0) is 19.6. The maximum absolute atomic E-state index is 13.1. The first-order chi connectivity index (χ1) is 14.3. The quantitative estimate of drug-likeness (QED) is 0.613. The smallest absolute Gasteiger partial charge is 0.360 e. The van der Waals surface area contributed by atoms with E-state index in [1.54, 1.807) is 0 Å². The second kappa shape index (κ2) is 7.63. The highest BCUT2D eigenvalue weighted by molar-refractivity contribution is 5.95. The average Bonchev–Trinajstić information content (AvgIpc) is 2.80. The predicted molar refractivity (Wildman–Crippen MR) is 119 cm³/mol. The lowest BCUT2D eigenvalue weighted by molar-refractivity contribution is 0.464. The molecule has 0 bridgehead atoms. The first-order valence-corrected chi connectivity index (χ1v) is 10.3. The molecule has 0 spiro atoms. The molecule has 0 saturated carbocycles. The molecule has 1 saturated heterocycles. The largest absolute Gasteiger partial charge is 0.425 e. The maximum Gasteiger partial charge on any atom is 0.360 e. The van der Waals surface area contributed by atoms with Crippen LogP contribution in [0.2, 0.25) is 0 Å². The molecule has 146 valence electrons. The van der Waals surface area contributed by atoms with Gasteiger partial charge in [-0.2, -0.15) is 0 Å². The maximum atomic E-state index is 13.1. The molecular formula is C25H24N2O2. The Balaban J connectivity index is 1.49. The lowest BCUT2D eigenvalue weighted by Gasteiger charge is -2.37.